The molecule has 2 heterocycles. The van der Waals surface area contributed by atoms with E-state index in [0.29, 0.717) is 19.4 Å². The van der Waals surface area contributed by atoms with Crippen molar-refractivity contribution in [2.75, 3.05) is 13.2 Å². The Kier molecular flexibility index (Phi) is 28.0. The summed E-state index contributed by atoms with van der Waals surface area (Å²) in [5.74, 6) is -0.286. The molecule has 2 aromatic rings. The van der Waals surface area contributed by atoms with E-state index in [2.05, 4.69) is 15.6 Å². The Bertz CT molecular complexity index is 1090. The third-order valence-electron chi connectivity index (χ3n) is 7.04. The van der Waals surface area contributed by atoms with Crippen LogP contribution in [0.4, 0.5) is 4.39 Å². The number of benzene rings is 1. The van der Waals surface area contributed by atoms with E-state index in [4.69, 9.17) is 0 Å². The Morgan fingerprint density at radius 1 is 1.09 bits per heavy atom. The number of nitrogens with one attached hydrogen (secondary N) is 2. The molecule has 10 heteroatoms. The van der Waals surface area contributed by atoms with Crippen LogP contribution in [0.2, 0.25) is 0 Å². The predicted octanol–water partition coefficient (Wildman–Crippen LogP) is 8.53. The molecular weight excluding hydrogens is 615 g/mol. The van der Waals surface area contributed by atoms with Crippen LogP contribution < -0.4 is 10.6 Å². The van der Waals surface area contributed by atoms with E-state index in [1.54, 1.807) is 21.7 Å². The van der Waals surface area contributed by atoms with Crippen molar-refractivity contribution in [3.63, 3.8) is 0 Å². The monoisotopic (exact) mass is 682 g/mol. The highest BCUT2D eigenvalue weighted by molar-refractivity contribution is 7.13. The van der Waals surface area contributed by atoms with E-state index in [-0.39, 0.29) is 29.2 Å². The number of alkyl halides is 1. The van der Waals surface area contributed by atoms with Crippen LogP contribution in [0.3, 0.4) is 0 Å². The maximum atomic E-state index is 12.8. The minimum Gasteiger partial charge on any atom is -0.391 e. The van der Waals surface area contributed by atoms with Crippen molar-refractivity contribution in [2.24, 2.45) is 11.3 Å². The SMILES string of the molecule is CC.CC.CC.CC.CCC(C)C(=O)NC(C(=O)N1CC(O)CC1C)C(C)(C)C.Cc1ncsc1-c1ccc(C(CF)NC=O)cc1. The molecule has 0 saturated carbocycles. The first-order valence-corrected chi connectivity index (χ1v) is 18.3. The van der Waals surface area contributed by atoms with Crippen LogP contribution in [-0.2, 0) is 14.4 Å². The van der Waals surface area contributed by atoms with Gasteiger partial charge < -0.3 is 20.6 Å². The number of amides is 3. The fourth-order valence-corrected chi connectivity index (χ4v) is 5.16. The van der Waals surface area contributed by atoms with Crippen molar-refractivity contribution in [1.29, 1.82) is 0 Å². The van der Waals surface area contributed by atoms with E-state index in [9.17, 15) is 23.9 Å². The number of hydrogen-bond acceptors (Lipinski definition) is 6. The molecule has 3 amide bonds. The highest BCUT2D eigenvalue weighted by Crippen LogP contribution is 2.28. The number of carbonyl (C=O) groups is 3. The number of aryl methyl sites for hydroxylation is 1. The first kappa shape index (κ1) is 48.5. The van der Waals surface area contributed by atoms with Gasteiger partial charge in [-0.15, -0.1) is 11.3 Å². The Morgan fingerprint density at radius 2 is 1.62 bits per heavy atom. The molecule has 272 valence electrons. The fourth-order valence-electron chi connectivity index (χ4n) is 4.35. The summed E-state index contributed by atoms with van der Waals surface area (Å²) in [6.45, 7) is 29.3. The van der Waals surface area contributed by atoms with Crippen molar-refractivity contribution in [3.05, 3.63) is 41.0 Å². The molecule has 0 bridgehead atoms. The van der Waals surface area contributed by atoms with Gasteiger partial charge in [-0.3, -0.25) is 14.4 Å². The van der Waals surface area contributed by atoms with E-state index >= 15 is 0 Å². The van der Waals surface area contributed by atoms with E-state index in [1.807, 2.05) is 128 Å². The molecule has 0 spiro atoms. The lowest BCUT2D eigenvalue weighted by Gasteiger charge is -2.35. The average Bonchev–Trinajstić information content (AvgIpc) is 3.68. The molecule has 1 aliphatic rings. The second-order valence-electron chi connectivity index (χ2n) is 11.2. The van der Waals surface area contributed by atoms with Crippen molar-refractivity contribution in [2.45, 2.75) is 141 Å². The number of aliphatic hydroxyl groups is 1. The van der Waals surface area contributed by atoms with Gasteiger partial charge in [0.15, 0.2) is 0 Å². The van der Waals surface area contributed by atoms with Gasteiger partial charge in [0, 0.05) is 18.5 Å². The molecule has 8 nitrogen and oxygen atoms in total. The molecule has 1 aromatic heterocycles. The summed E-state index contributed by atoms with van der Waals surface area (Å²) in [6, 6.07) is 6.38. The molecular formula is C37H67FN4O4S. The molecule has 3 rings (SSSR count). The molecule has 0 aliphatic carbocycles. The second-order valence-corrected chi connectivity index (χ2v) is 12.1. The predicted molar refractivity (Wildman–Crippen MR) is 198 cm³/mol. The quantitative estimate of drug-likeness (QED) is 0.230. The van der Waals surface area contributed by atoms with Crippen LogP contribution in [0.15, 0.2) is 29.8 Å². The average molecular weight is 683 g/mol. The summed E-state index contributed by atoms with van der Waals surface area (Å²) in [6.07, 6.45) is 1.40. The third-order valence-corrected chi connectivity index (χ3v) is 8.02. The van der Waals surface area contributed by atoms with Gasteiger partial charge in [-0.25, -0.2) is 9.37 Å². The van der Waals surface area contributed by atoms with Crippen molar-refractivity contribution < 1.29 is 23.9 Å². The van der Waals surface area contributed by atoms with Crippen molar-refractivity contribution >= 4 is 29.6 Å². The van der Waals surface area contributed by atoms with Gasteiger partial charge in [0.1, 0.15) is 12.7 Å². The summed E-state index contributed by atoms with van der Waals surface area (Å²) < 4.78 is 12.7. The zero-order valence-corrected chi connectivity index (χ0v) is 32.8. The number of halogens is 1. The third kappa shape index (κ3) is 16.7. The maximum Gasteiger partial charge on any atom is 0.246 e. The van der Waals surface area contributed by atoms with Gasteiger partial charge in [-0.1, -0.05) is 114 Å². The number of rotatable bonds is 9. The lowest BCUT2D eigenvalue weighted by atomic mass is 9.85. The van der Waals surface area contributed by atoms with Crippen LogP contribution in [0.1, 0.15) is 127 Å². The number of nitrogens with zero attached hydrogens (tertiary/aromatic N) is 2. The Morgan fingerprint density at radius 3 is 1.98 bits per heavy atom. The molecule has 47 heavy (non-hydrogen) atoms. The lowest BCUT2D eigenvalue weighted by Crippen LogP contribution is -2.56. The van der Waals surface area contributed by atoms with Crippen LogP contribution in [0, 0.1) is 18.3 Å². The van der Waals surface area contributed by atoms with E-state index in [1.165, 1.54) is 0 Å². The number of β-amino-alcohol motifs (C(OH)–C–C–N with tert-alkyl or cyclic N) is 1. The summed E-state index contributed by atoms with van der Waals surface area (Å²) in [5.41, 5.74) is 4.24. The molecule has 5 atom stereocenters. The van der Waals surface area contributed by atoms with Gasteiger partial charge in [-0.2, -0.15) is 0 Å². The van der Waals surface area contributed by atoms with Crippen molar-refractivity contribution in [1.82, 2.24) is 20.5 Å². The summed E-state index contributed by atoms with van der Waals surface area (Å²) >= 11 is 1.58. The Hall–Kier alpha value is -2.85. The number of hydrogen-bond donors (Lipinski definition) is 3. The smallest absolute Gasteiger partial charge is 0.246 e. The zero-order valence-electron chi connectivity index (χ0n) is 32.0. The van der Waals surface area contributed by atoms with E-state index in [0.717, 1.165) is 28.1 Å². The standard InChI is InChI=1S/C16H30N2O3.C13H13FN2OS.4C2H6/c1-7-10(2)14(20)17-13(16(4,5)6)15(21)18-9-12(19)8-11(18)3;1-9-13(18-8-16-9)11-4-2-10(3-5-11)12(6-14)15-7-17;4*1-2/h10-13,19H,7-9H2,1-6H3,(H,17,20);2-5,7-8,12H,6H2,1H3,(H,15,17);4*1-2H3. The Balaban J connectivity index is -0.000000683. The number of aromatic nitrogens is 1. The second kappa shape index (κ2) is 27.1. The summed E-state index contributed by atoms with van der Waals surface area (Å²) in [7, 11) is 0. The maximum absolute atomic E-state index is 12.8. The zero-order chi connectivity index (χ0) is 37.3. The molecule has 1 saturated heterocycles. The Labute approximate surface area is 290 Å². The van der Waals surface area contributed by atoms with Crippen LogP contribution in [0.5, 0.6) is 0 Å². The van der Waals surface area contributed by atoms with Gasteiger partial charge >= 0.3 is 0 Å². The van der Waals surface area contributed by atoms with Crippen LogP contribution >= 0.6 is 11.3 Å². The molecule has 5 unspecified atom stereocenters. The van der Waals surface area contributed by atoms with Crippen LogP contribution in [-0.4, -0.2) is 64.6 Å². The summed E-state index contributed by atoms with van der Waals surface area (Å²) in [4.78, 5) is 42.3. The number of carbonyl (C=O) groups excluding carboxylic acids is 3. The minimum atomic E-state index is -0.613. The first-order valence-electron chi connectivity index (χ1n) is 17.4. The van der Waals surface area contributed by atoms with Crippen LogP contribution in [0.25, 0.3) is 10.4 Å². The molecule has 3 N–H and O–H groups in total. The molecule has 1 fully saturated rings. The van der Waals surface area contributed by atoms with Gasteiger partial charge in [-0.05, 0) is 43.2 Å². The minimum absolute atomic E-state index is 0.0119. The molecule has 0 radical (unpaired) electrons. The molecule has 1 aromatic carbocycles. The first-order chi connectivity index (χ1) is 22.3. The van der Waals surface area contributed by atoms with Crippen molar-refractivity contribution in [3.8, 4) is 10.4 Å². The summed E-state index contributed by atoms with van der Waals surface area (Å²) in [5, 5.41) is 15.1. The largest absolute Gasteiger partial charge is 0.391 e. The van der Waals surface area contributed by atoms with Gasteiger partial charge in [0.2, 0.25) is 18.2 Å². The highest BCUT2D eigenvalue weighted by atomic mass is 32.1. The number of thiazole rings is 1. The topological polar surface area (TPSA) is 112 Å². The van der Waals surface area contributed by atoms with Gasteiger partial charge in [0.05, 0.1) is 28.2 Å². The van der Waals surface area contributed by atoms with Gasteiger partial charge in [0.25, 0.3) is 0 Å². The number of aliphatic hydroxyl groups excluding tert-OH is 1. The highest BCUT2D eigenvalue weighted by Gasteiger charge is 2.40. The van der Waals surface area contributed by atoms with E-state index < -0.39 is 24.9 Å². The fraction of sp³-hybridized carbons (Fsp3) is 0.676. The molecule has 1 aliphatic heterocycles. The lowest BCUT2D eigenvalue weighted by molar-refractivity contribution is -0.141. The number of likely N-dealkylation sites (tertiary alicyclic amines) is 1. The normalized spacial score (nSPS) is 16.6.